The van der Waals surface area contributed by atoms with Gasteiger partial charge in [-0.25, -0.2) is 4.90 Å². The lowest BCUT2D eigenvalue weighted by molar-refractivity contribution is -0.763. The maximum Gasteiger partial charge on any atom is 0.416 e. The highest BCUT2D eigenvalue weighted by Crippen LogP contribution is 2.38. The minimum atomic E-state index is -4.51. The zero-order valence-electron chi connectivity index (χ0n) is 19.3. The van der Waals surface area contributed by atoms with E-state index in [9.17, 15) is 22.8 Å². The summed E-state index contributed by atoms with van der Waals surface area (Å²) in [5.74, 6) is 0.0581. The molecule has 1 amide bonds. The number of hydrogen-bond acceptors (Lipinski definition) is 4. The number of halogens is 4. The Hall–Kier alpha value is -3.63. The van der Waals surface area contributed by atoms with Crippen molar-refractivity contribution in [2.45, 2.75) is 30.2 Å². The second-order valence-electron chi connectivity index (χ2n) is 8.33. The number of alkyl halides is 3. The molecule has 0 bridgehead atoms. The van der Waals surface area contributed by atoms with E-state index in [4.69, 9.17) is 11.6 Å². The first-order valence-electron chi connectivity index (χ1n) is 11.1. The molecular weight excluding hydrogens is 525 g/mol. The Kier molecular flexibility index (Phi) is 6.55. The van der Waals surface area contributed by atoms with Crippen LogP contribution in [-0.4, -0.2) is 16.0 Å². The number of aromatic nitrogens is 3. The minimum Gasteiger partial charge on any atom is -0.291 e. The van der Waals surface area contributed by atoms with E-state index in [0.717, 1.165) is 17.7 Å². The molecule has 0 radical (unpaired) electrons. The van der Waals surface area contributed by atoms with Gasteiger partial charge in [0.15, 0.2) is 0 Å². The van der Waals surface area contributed by atoms with Gasteiger partial charge in [0.25, 0.3) is 6.17 Å². The third-order valence-electron chi connectivity index (χ3n) is 5.96. The number of benzene rings is 3. The molecule has 0 unspecified atom stereocenters. The van der Waals surface area contributed by atoms with E-state index in [1.807, 2.05) is 18.2 Å². The van der Waals surface area contributed by atoms with E-state index >= 15 is 0 Å². The van der Waals surface area contributed by atoms with E-state index in [1.165, 1.54) is 40.4 Å². The van der Waals surface area contributed by atoms with E-state index < -0.39 is 23.5 Å². The molecule has 4 aromatic rings. The highest BCUT2D eigenvalue weighted by molar-refractivity contribution is 7.98. The molecule has 1 aromatic heterocycles. The summed E-state index contributed by atoms with van der Waals surface area (Å²) in [5, 5.41) is 5.49. The van der Waals surface area contributed by atoms with Crippen LogP contribution < -0.4 is 15.1 Å². The summed E-state index contributed by atoms with van der Waals surface area (Å²) < 4.78 is 41.1. The summed E-state index contributed by atoms with van der Waals surface area (Å²) in [6, 6.07) is 18.6. The smallest absolute Gasteiger partial charge is 0.291 e. The Morgan fingerprint density at radius 3 is 2.43 bits per heavy atom. The summed E-state index contributed by atoms with van der Waals surface area (Å²) in [6.45, 7) is 1.36. The Morgan fingerprint density at radius 1 is 1.08 bits per heavy atom. The van der Waals surface area contributed by atoms with Crippen LogP contribution in [0.25, 0.3) is 11.3 Å². The number of thioether (sulfide) groups is 1. The van der Waals surface area contributed by atoms with Gasteiger partial charge in [-0.1, -0.05) is 53.7 Å². The van der Waals surface area contributed by atoms with Gasteiger partial charge in [-0.05, 0) is 52.7 Å². The van der Waals surface area contributed by atoms with Gasteiger partial charge in [-0.15, -0.1) is 0 Å². The second-order valence-corrected chi connectivity index (χ2v) is 9.70. The van der Waals surface area contributed by atoms with Crippen molar-refractivity contribution in [1.29, 1.82) is 0 Å². The van der Waals surface area contributed by atoms with E-state index in [1.54, 1.807) is 30.3 Å². The first-order chi connectivity index (χ1) is 17.6. The number of anilines is 1. The maximum absolute atomic E-state index is 13.4. The molecule has 3 aromatic carbocycles. The third kappa shape index (κ3) is 4.74. The molecule has 0 saturated heterocycles. The Bertz CT molecular complexity index is 1560. The minimum absolute atomic E-state index is 0.195. The fourth-order valence-corrected chi connectivity index (χ4v) is 5.42. The molecule has 0 aliphatic carbocycles. The van der Waals surface area contributed by atoms with Crippen molar-refractivity contribution in [3.05, 3.63) is 105 Å². The van der Waals surface area contributed by atoms with E-state index in [-0.39, 0.29) is 16.8 Å². The second kappa shape index (κ2) is 9.68. The molecule has 5 rings (SSSR count). The number of para-hydroxylation sites is 1. The first-order valence-corrected chi connectivity index (χ1v) is 12.5. The van der Waals surface area contributed by atoms with E-state index in [0.29, 0.717) is 27.6 Å². The highest BCUT2D eigenvalue weighted by Gasteiger charge is 2.45. The Morgan fingerprint density at radius 2 is 1.76 bits per heavy atom. The van der Waals surface area contributed by atoms with Crippen molar-refractivity contribution < 1.29 is 22.6 Å². The van der Waals surface area contributed by atoms with Crippen LogP contribution in [0.15, 0.2) is 82.7 Å². The summed E-state index contributed by atoms with van der Waals surface area (Å²) in [4.78, 5) is 30.5. The molecule has 1 aliphatic heterocycles. The number of fused-ring (bicyclic) bond motifs is 3. The fourth-order valence-electron chi connectivity index (χ4n) is 4.28. The van der Waals surface area contributed by atoms with Crippen LogP contribution in [0.2, 0.25) is 5.02 Å². The van der Waals surface area contributed by atoms with Gasteiger partial charge >= 0.3 is 17.4 Å². The summed E-state index contributed by atoms with van der Waals surface area (Å²) in [7, 11) is 0. The highest BCUT2D eigenvalue weighted by atomic mass is 35.5. The third-order valence-corrected chi connectivity index (χ3v) is 7.24. The standard InChI is InChI=1S/C26H18ClF3N4O2S/c1-15(35)33-21-9-5-3-7-19(21)22-23(36)31-25(37-14-17-6-2-4-8-20(17)27)32-34(22)24(33)16-10-12-18(13-11-16)26(28,29)30/h2-13,24H,14H2,1H3/p+1/t24-/m1/s1. The maximum atomic E-state index is 13.4. The number of carbonyl (C=O) groups excluding carboxylic acids is 1. The Labute approximate surface area is 218 Å². The van der Waals surface area contributed by atoms with Gasteiger partial charge in [0, 0.05) is 28.4 Å². The van der Waals surface area contributed by atoms with Crippen molar-refractivity contribution in [3.8, 4) is 11.3 Å². The molecule has 1 N–H and O–H groups in total. The van der Waals surface area contributed by atoms with Crippen LogP contribution in [0.5, 0.6) is 0 Å². The predicted octanol–water partition coefficient (Wildman–Crippen LogP) is 5.60. The number of aromatic amines is 1. The molecule has 11 heteroatoms. The molecule has 6 nitrogen and oxygen atoms in total. The zero-order valence-corrected chi connectivity index (χ0v) is 20.9. The van der Waals surface area contributed by atoms with Crippen molar-refractivity contribution in [1.82, 2.24) is 10.1 Å². The monoisotopic (exact) mass is 543 g/mol. The number of H-pyrrole nitrogens is 1. The van der Waals surface area contributed by atoms with Gasteiger partial charge in [-0.3, -0.25) is 14.6 Å². The van der Waals surface area contributed by atoms with Gasteiger partial charge < -0.3 is 0 Å². The lowest BCUT2D eigenvalue weighted by atomic mass is 10.0. The molecule has 37 heavy (non-hydrogen) atoms. The number of nitrogens with zero attached hydrogens (tertiary/aromatic N) is 3. The molecular formula is C26H19ClF3N4O2S+. The van der Waals surface area contributed by atoms with Crippen LogP contribution in [-0.2, 0) is 16.7 Å². The molecule has 1 atom stereocenters. The van der Waals surface area contributed by atoms with Gasteiger partial charge in [0.1, 0.15) is 0 Å². The molecule has 188 valence electrons. The van der Waals surface area contributed by atoms with E-state index in [2.05, 4.69) is 10.1 Å². The lowest BCUT2D eigenvalue weighted by Gasteiger charge is -2.31. The Balaban J connectivity index is 1.66. The molecule has 0 spiro atoms. The van der Waals surface area contributed by atoms with Crippen LogP contribution >= 0.6 is 23.4 Å². The van der Waals surface area contributed by atoms with Crippen LogP contribution in [0.4, 0.5) is 18.9 Å². The number of rotatable bonds is 4. The first kappa shape index (κ1) is 25.0. The molecule has 0 saturated carbocycles. The zero-order chi connectivity index (χ0) is 26.3. The quantitative estimate of drug-likeness (QED) is 0.269. The average molecular weight is 544 g/mol. The normalized spacial score (nSPS) is 14.7. The lowest BCUT2D eigenvalue weighted by Crippen LogP contribution is -2.60. The molecule has 2 heterocycles. The van der Waals surface area contributed by atoms with Crippen LogP contribution in [0, 0.1) is 0 Å². The fraction of sp³-hybridized carbons (Fsp3) is 0.154. The van der Waals surface area contributed by atoms with Crippen molar-refractivity contribution >= 4 is 35.0 Å². The number of carbonyl (C=O) groups is 1. The van der Waals surface area contributed by atoms with Crippen molar-refractivity contribution in [3.63, 3.8) is 0 Å². The molecule has 0 fully saturated rings. The van der Waals surface area contributed by atoms with Crippen molar-refractivity contribution in [2.24, 2.45) is 0 Å². The van der Waals surface area contributed by atoms with Gasteiger partial charge in [-0.2, -0.15) is 13.2 Å². The van der Waals surface area contributed by atoms with Gasteiger partial charge in [0.2, 0.25) is 11.1 Å². The van der Waals surface area contributed by atoms with Crippen molar-refractivity contribution in [2.75, 3.05) is 4.90 Å². The SMILES string of the molecule is CC(=O)N1c2ccccc2-c2c(=O)[nH]c(SCc3ccccc3Cl)n[n+]2[C@@H]1c1ccc(C(F)(F)F)cc1. The number of amides is 1. The topological polar surface area (TPSA) is 69.9 Å². The summed E-state index contributed by atoms with van der Waals surface area (Å²) in [6.07, 6.45) is -5.49. The predicted molar refractivity (Wildman–Crippen MR) is 134 cm³/mol. The summed E-state index contributed by atoms with van der Waals surface area (Å²) in [5.41, 5.74) is 1.09. The summed E-state index contributed by atoms with van der Waals surface area (Å²) >= 11 is 7.50. The van der Waals surface area contributed by atoms with Crippen LogP contribution in [0.1, 0.15) is 29.8 Å². The number of hydrogen-bond donors (Lipinski definition) is 1. The van der Waals surface area contributed by atoms with Crippen LogP contribution in [0.3, 0.4) is 0 Å². The average Bonchev–Trinajstić information content (AvgIpc) is 2.86. The molecule has 1 aliphatic rings. The largest absolute Gasteiger partial charge is 0.416 e. The van der Waals surface area contributed by atoms with Gasteiger partial charge in [0.05, 0.1) is 16.8 Å². The number of nitrogens with one attached hydrogen (secondary N) is 1.